The van der Waals surface area contributed by atoms with Crippen LogP contribution in [0.4, 0.5) is 0 Å². The molecular formula is C10H16N4. The summed E-state index contributed by atoms with van der Waals surface area (Å²) >= 11 is 0. The SMILES string of the molecule is NC1(Cc2cn(CC3CC3)nn2)CC1. The van der Waals surface area contributed by atoms with Crippen LogP contribution in [0.5, 0.6) is 0 Å². The largest absolute Gasteiger partial charge is 0.325 e. The van der Waals surface area contributed by atoms with Crippen molar-refractivity contribution in [2.45, 2.75) is 44.2 Å². The van der Waals surface area contributed by atoms with Gasteiger partial charge in [0.2, 0.25) is 0 Å². The van der Waals surface area contributed by atoms with Gasteiger partial charge >= 0.3 is 0 Å². The van der Waals surface area contributed by atoms with Gasteiger partial charge < -0.3 is 5.73 Å². The van der Waals surface area contributed by atoms with Gasteiger partial charge in [0.05, 0.1) is 5.69 Å². The Morgan fingerprint density at radius 2 is 2.29 bits per heavy atom. The Hall–Kier alpha value is -0.900. The molecule has 0 aromatic carbocycles. The molecule has 4 nitrogen and oxygen atoms in total. The van der Waals surface area contributed by atoms with E-state index in [-0.39, 0.29) is 5.54 Å². The van der Waals surface area contributed by atoms with Crippen molar-refractivity contribution in [3.63, 3.8) is 0 Å². The molecule has 2 N–H and O–H groups in total. The second-order valence-corrected chi connectivity index (χ2v) is 4.91. The molecule has 3 rings (SSSR count). The van der Waals surface area contributed by atoms with Gasteiger partial charge in [-0.05, 0) is 31.6 Å². The molecule has 0 amide bonds. The zero-order chi connectivity index (χ0) is 9.60. The maximum absolute atomic E-state index is 6.02. The topological polar surface area (TPSA) is 56.7 Å². The fourth-order valence-corrected chi connectivity index (χ4v) is 1.77. The molecule has 0 bridgehead atoms. The Balaban J connectivity index is 1.63. The van der Waals surface area contributed by atoms with Gasteiger partial charge in [0.15, 0.2) is 0 Å². The summed E-state index contributed by atoms with van der Waals surface area (Å²) in [5.74, 6) is 0.859. The molecule has 2 aliphatic carbocycles. The molecule has 14 heavy (non-hydrogen) atoms. The van der Waals surface area contributed by atoms with Crippen LogP contribution in [0.2, 0.25) is 0 Å². The van der Waals surface area contributed by atoms with Crippen molar-refractivity contribution in [3.05, 3.63) is 11.9 Å². The Bertz CT molecular complexity index is 336. The molecule has 1 aromatic heterocycles. The summed E-state index contributed by atoms with van der Waals surface area (Å²) in [5, 5.41) is 8.27. The van der Waals surface area contributed by atoms with E-state index in [0.717, 1.165) is 37.4 Å². The first-order chi connectivity index (χ1) is 6.73. The van der Waals surface area contributed by atoms with Crippen molar-refractivity contribution < 1.29 is 0 Å². The molecule has 0 unspecified atom stereocenters. The van der Waals surface area contributed by atoms with E-state index in [4.69, 9.17) is 5.73 Å². The van der Waals surface area contributed by atoms with E-state index in [1.54, 1.807) is 0 Å². The van der Waals surface area contributed by atoms with E-state index in [0.29, 0.717) is 0 Å². The molecule has 0 atom stereocenters. The molecule has 0 radical (unpaired) electrons. The van der Waals surface area contributed by atoms with Gasteiger partial charge in [-0.25, -0.2) is 0 Å². The van der Waals surface area contributed by atoms with Crippen LogP contribution in [0.1, 0.15) is 31.4 Å². The summed E-state index contributed by atoms with van der Waals surface area (Å²) in [6.07, 6.45) is 7.96. The lowest BCUT2D eigenvalue weighted by Crippen LogP contribution is -2.24. The smallest absolute Gasteiger partial charge is 0.0845 e. The maximum Gasteiger partial charge on any atom is 0.0845 e. The highest BCUT2D eigenvalue weighted by Crippen LogP contribution is 2.35. The van der Waals surface area contributed by atoms with Crippen LogP contribution in [0, 0.1) is 5.92 Å². The van der Waals surface area contributed by atoms with Gasteiger partial charge in [-0.2, -0.15) is 0 Å². The number of hydrogen-bond donors (Lipinski definition) is 1. The van der Waals surface area contributed by atoms with Crippen LogP contribution in [-0.2, 0) is 13.0 Å². The van der Waals surface area contributed by atoms with Gasteiger partial charge in [-0.3, -0.25) is 4.68 Å². The fourth-order valence-electron chi connectivity index (χ4n) is 1.77. The molecule has 0 spiro atoms. The van der Waals surface area contributed by atoms with E-state index < -0.39 is 0 Å². The van der Waals surface area contributed by atoms with Crippen LogP contribution in [0.25, 0.3) is 0 Å². The van der Waals surface area contributed by atoms with E-state index >= 15 is 0 Å². The molecule has 1 heterocycles. The molecule has 2 saturated carbocycles. The summed E-state index contributed by atoms with van der Waals surface area (Å²) in [4.78, 5) is 0. The molecule has 1 aromatic rings. The van der Waals surface area contributed by atoms with Gasteiger partial charge in [-0.15, -0.1) is 5.10 Å². The molecule has 2 fully saturated rings. The zero-order valence-corrected chi connectivity index (χ0v) is 8.32. The van der Waals surface area contributed by atoms with Gasteiger partial charge in [0.25, 0.3) is 0 Å². The van der Waals surface area contributed by atoms with E-state index in [2.05, 4.69) is 16.5 Å². The quantitative estimate of drug-likeness (QED) is 0.764. The minimum atomic E-state index is 0.0560. The average Bonchev–Trinajstić information content (AvgIpc) is 3.01. The number of aromatic nitrogens is 3. The normalized spacial score (nSPS) is 23.8. The highest BCUT2D eigenvalue weighted by Gasteiger charge is 2.38. The van der Waals surface area contributed by atoms with Crippen molar-refractivity contribution in [2.75, 3.05) is 0 Å². The predicted molar refractivity (Wildman–Crippen MR) is 52.6 cm³/mol. The maximum atomic E-state index is 6.02. The number of nitrogens with zero attached hydrogens (tertiary/aromatic N) is 3. The standard InChI is InChI=1S/C10H16N4/c11-10(3-4-10)5-9-7-14(13-12-9)6-8-1-2-8/h7-8H,1-6,11H2. The molecule has 4 heteroatoms. The Kier molecular flexibility index (Phi) is 1.68. The first-order valence-electron chi connectivity index (χ1n) is 5.41. The molecular weight excluding hydrogens is 176 g/mol. The molecule has 2 aliphatic rings. The zero-order valence-electron chi connectivity index (χ0n) is 8.32. The average molecular weight is 192 g/mol. The molecule has 0 aliphatic heterocycles. The van der Waals surface area contributed by atoms with Gasteiger partial charge in [-0.1, -0.05) is 5.21 Å². The summed E-state index contributed by atoms with van der Waals surface area (Å²) in [6, 6.07) is 0. The first kappa shape index (κ1) is 8.41. The summed E-state index contributed by atoms with van der Waals surface area (Å²) in [5.41, 5.74) is 7.14. The highest BCUT2D eigenvalue weighted by molar-refractivity contribution is 5.09. The minimum absolute atomic E-state index is 0.0560. The minimum Gasteiger partial charge on any atom is -0.325 e. The van der Waals surface area contributed by atoms with Crippen LogP contribution in [0.3, 0.4) is 0 Å². The number of hydrogen-bond acceptors (Lipinski definition) is 3. The lowest BCUT2D eigenvalue weighted by molar-refractivity contribution is 0.544. The molecule has 76 valence electrons. The van der Waals surface area contributed by atoms with Crippen molar-refractivity contribution >= 4 is 0 Å². The Morgan fingerprint density at radius 3 is 2.93 bits per heavy atom. The van der Waals surface area contributed by atoms with Crippen LogP contribution in [-0.4, -0.2) is 20.5 Å². The van der Waals surface area contributed by atoms with Crippen molar-refractivity contribution in [1.82, 2.24) is 15.0 Å². The van der Waals surface area contributed by atoms with Crippen molar-refractivity contribution in [1.29, 1.82) is 0 Å². The third kappa shape index (κ3) is 1.80. The van der Waals surface area contributed by atoms with Crippen molar-refractivity contribution in [2.24, 2.45) is 11.7 Å². The lowest BCUT2D eigenvalue weighted by atomic mass is 10.1. The number of nitrogens with two attached hydrogens (primary N) is 1. The monoisotopic (exact) mass is 192 g/mol. The van der Waals surface area contributed by atoms with E-state index in [1.165, 1.54) is 12.8 Å². The predicted octanol–water partition coefficient (Wildman–Crippen LogP) is 0.722. The second kappa shape index (κ2) is 2.79. The van der Waals surface area contributed by atoms with Crippen LogP contribution < -0.4 is 5.73 Å². The summed E-state index contributed by atoms with van der Waals surface area (Å²) in [6.45, 7) is 1.05. The first-order valence-corrected chi connectivity index (χ1v) is 5.41. The second-order valence-electron chi connectivity index (χ2n) is 4.91. The van der Waals surface area contributed by atoms with E-state index in [1.807, 2.05) is 4.68 Å². The summed E-state index contributed by atoms with van der Waals surface area (Å²) in [7, 11) is 0. The van der Waals surface area contributed by atoms with E-state index in [9.17, 15) is 0 Å². The van der Waals surface area contributed by atoms with Crippen molar-refractivity contribution in [3.8, 4) is 0 Å². The highest BCUT2D eigenvalue weighted by atomic mass is 15.4. The summed E-state index contributed by atoms with van der Waals surface area (Å²) < 4.78 is 1.97. The fraction of sp³-hybridized carbons (Fsp3) is 0.800. The lowest BCUT2D eigenvalue weighted by Gasteiger charge is -2.03. The van der Waals surface area contributed by atoms with Gasteiger partial charge in [0, 0.05) is 24.7 Å². The Labute approximate surface area is 83.5 Å². The van der Waals surface area contributed by atoms with Gasteiger partial charge in [0.1, 0.15) is 0 Å². The third-order valence-electron chi connectivity index (χ3n) is 3.15. The van der Waals surface area contributed by atoms with Crippen LogP contribution >= 0.6 is 0 Å². The Morgan fingerprint density at radius 1 is 1.50 bits per heavy atom. The van der Waals surface area contributed by atoms with Crippen LogP contribution in [0.15, 0.2) is 6.20 Å². The molecule has 0 saturated heterocycles. The third-order valence-corrected chi connectivity index (χ3v) is 3.15. The number of rotatable bonds is 4.